The van der Waals surface area contributed by atoms with Crippen LogP contribution in [0.1, 0.15) is 11.1 Å². The molecule has 4 rings (SSSR count). The number of halogens is 2. The second-order valence-corrected chi connectivity index (χ2v) is 13.2. The summed E-state index contributed by atoms with van der Waals surface area (Å²) in [5, 5.41) is 0. The second kappa shape index (κ2) is 10.6. The maximum atomic E-state index is 14.6. The predicted molar refractivity (Wildman–Crippen MR) is 147 cm³/mol. The van der Waals surface area contributed by atoms with Gasteiger partial charge in [0.15, 0.2) is 5.84 Å². The van der Waals surface area contributed by atoms with Gasteiger partial charge < -0.3 is 0 Å². The smallest absolute Gasteiger partial charge is 0.239 e. The van der Waals surface area contributed by atoms with E-state index in [4.69, 9.17) is 0 Å². The molecule has 0 radical (unpaired) electrons. The molecule has 0 spiro atoms. The van der Waals surface area contributed by atoms with Gasteiger partial charge in [-0.1, -0.05) is 79.9 Å². The van der Waals surface area contributed by atoms with Gasteiger partial charge in [0.05, 0.1) is 14.7 Å². The van der Waals surface area contributed by atoms with E-state index in [9.17, 15) is 12.6 Å². The van der Waals surface area contributed by atoms with Crippen LogP contribution in [-0.2, 0) is 19.8 Å². The minimum absolute atomic E-state index is 0.0329. The number of aryl methyl sites for hydroxylation is 1. The van der Waals surface area contributed by atoms with Gasteiger partial charge in [-0.2, -0.15) is 12.8 Å². The first kappa shape index (κ1) is 25.5. The topological polar surface area (TPSA) is 75.9 Å². The van der Waals surface area contributed by atoms with Crippen LogP contribution < -0.4 is 0 Å². The van der Waals surface area contributed by atoms with Crippen molar-refractivity contribution < 1.29 is 12.6 Å². The lowest BCUT2D eigenvalue weighted by molar-refractivity contribution is 0.598. The van der Waals surface area contributed by atoms with Crippen molar-refractivity contribution in [2.75, 3.05) is 0 Å². The van der Waals surface area contributed by atoms with Crippen LogP contribution in [0, 0.1) is 6.92 Å². The van der Waals surface area contributed by atoms with Gasteiger partial charge in [0, 0.05) is 14.5 Å². The highest BCUT2D eigenvalue weighted by molar-refractivity contribution is 9.10. The van der Waals surface area contributed by atoms with Gasteiger partial charge in [-0.3, -0.25) is 0 Å². The van der Waals surface area contributed by atoms with E-state index in [-0.39, 0.29) is 10.7 Å². The Bertz CT molecular complexity index is 1540. The summed E-state index contributed by atoms with van der Waals surface area (Å²) in [4.78, 5) is 0.893. The summed E-state index contributed by atoms with van der Waals surface area (Å²) in [6, 6.07) is 29.0. The standard InChI is InChI=1S/C26H20Br2N2O3S2/c1-19-7-13-25(14-8-19)35(32,33)30-26(20-5-3-2-4-6-20)29-34(31,23-15-9-21(27)10-16-23)24-17-11-22(28)12-18-24/h2-18H,1H3/b30-26+. The fraction of sp³-hybridized carbons (Fsp3) is 0.0385. The SMILES string of the molecule is Cc1ccc(S(=O)(=O)/N=C(/N=S(=O)(c2ccc(Br)cc2)c2ccc(Br)cc2)c2ccccc2)cc1. The largest absolute Gasteiger partial charge is 0.284 e. The van der Waals surface area contributed by atoms with E-state index in [0.29, 0.717) is 15.4 Å². The quantitative estimate of drug-likeness (QED) is 0.172. The molecule has 0 bridgehead atoms. The normalized spacial score (nSPS) is 12.4. The summed E-state index contributed by atoms with van der Waals surface area (Å²) in [7, 11) is -7.42. The molecular formula is C26H20Br2N2O3S2. The fourth-order valence-corrected chi connectivity index (χ4v) is 6.61. The highest BCUT2D eigenvalue weighted by atomic mass is 79.9. The first-order chi connectivity index (χ1) is 16.7. The number of hydrogen-bond donors (Lipinski definition) is 0. The third-order valence-corrected chi connectivity index (χ3v) is 9.63. The molecule has 0 aliphatic carbocycles. The Labute approximate surface area is 222 Å². The maximum absolute atomic E-state index is 14.6. The molecule has 0 aliphatic rings. The third-order valence-electron chi connectivity index (χ3n) is 5.04. The summed E-state index contributed by atoms with van der Waals surface area (Å²) in [5.74, 6) is -0.137. The monoisotopic (exact) mass is 630 g/mol. The number of nitrogens with zero attached hydrogens (tertiary/aromatic N) is 2. The average molecular weight is 632 g/mol. The summed E-state index contributed by atoms with van der Waals surface area (Å²) >= 11 is 6.81. The minimum Gasteiger partial charge on any atom is -0.239 e. The van der Waals surface area contributed by atoms with Crippen LogP contribution in [0.4, 0.5) is 0 Å². The zero-order chi connectivity index (χ0) is 25.1. The molecular weight excluding hydrogens is 612 g/mol. The van der Waals surface area contributed by atoms with Crippen LogP contribution in [0.15, 0.2) is 136 Å². The Balaban J connectivity index is 2.01. The number of sulfonamides is 1. The van der Waals surface area contributed by atoms with Crippen LogP contribution in [-0.4, -0.2) is 18.5 Å². The molecule has 0 unspecified atom stereocenters. The molecule has 0 amide bonds. The lowest BCUT2D eigenvalue weighted by Crippen LogP contribution is -2.10. The lowest BCUT2D eigenvalue weighted by Gasteiger charge is -2.13. The first-order valence-corrected chi connectivity index (χ1v) is 15.0. The summed E-state index contributed by atoms with van der Waals surface area (Å²) < 4.78 is 51.3. The van der Waals surface area contributed by atoms with Crippen LogP contribution in [0.3, 0.4) is 0 Å². The summed E-state index contributed by atoms with van der Waals surface area (Å²) in [6.07, 6.45) is 0. The van der Waals surface area contributed by atoms with Crippen molar-refractivity contribution in [3.63, 3.8) is 0 Å². The lowest BCUT2D eigenvalue weighted by atomic mass is 10.2. The number of hydrogen-bond acceptors (Lipinski definition) is 3. The van der Waals surface area contributed by atoms with Crippen molar-refractivity contribution in [1.82, 2.24) is 0 Å². The molecule has 0 atom stereocenters. The van der Waals surface area contributed by atoms with Gasteiger partial charge in [0.1, 0.15) is 9.73 Å². The van der Waals surface area contributed by atoms with Gasteiger partial charge in [-0.05, 0) is 67.6 Å². The van der Waals surface area contributed by atoms with Crippen molar-refractivity contribution in [3.8, 4) is 0 Å². The summed E-state index contributed by atoms with van der Waals surface area (Å²) in [6.45, 7) is 1.87. The van der Waals surface area contributed by atoms with E-state index in [1.54, 1.807) is 91.0 Å². The summed E-state index contributed by atoms with van der Waals surface area (Å²) in [5.41, 5.74) is 1.36. The highest BCUT2D eigenvalue weighted by Crippen LogP contribution is 2.28. The molecule has 0 saturated heterocycles. The number of amidine groups is 1. The van der Waals surface area contributed by atoms with Crippen LogP contribution in [0.5, 0.6) is 0 Å². The first-order valence-electron chi connectivity index (χ1n) is 10.4. The van der Waals surface area contributed by atoms with E-state index in [1.165, 1.54) is 12.1 Å². The van der Waals surface area contributed by atoms with Gasteiger partial charge in [0.2, 0.25) is 0 Å². The van der Waals surface area contributed by atoms with E-state index in [1.807, 2.05) is 6.92 Å². The number of benzene rings is 4. The minimum atomic E-state index is -4.12. The van der Waals surface area contributed by atoms with Crippen molar-refractivity contribution in [3.05, 3.63) is 123 Å². The molecule has 0 saturated carbocycles. The molecule has 0 aromatic heterocycles. The van der Waals surface area contributed by atoms with E-state index >= 15 is 0 Å². The number of rotatable bonds is 5. The molecule has 35 heavy (non-hydrogen) atoms. The zero-order valence-electron chi connectivity index (χ0n) is 18.5. The van der Waals surface area contributed by atoms with E-state index in [0.717, 1.165) is 14.5 Å². The Morgan fingerprint density at radius 3 is 1.57 bits per heavy atom. The molecule has 0 heterocycles. The van der Waals surface area contributed by atoms with Crippen LogP contribution in [0.2, 0.25) is 0 Å². The Morgan fingerprint density at radius 2 is 1.09 bits per heavy atom. The molecule has 5 nitrogen and oxygen atoms in total. The van der Waals surface area contributed by atoms with Gasteiger partial charge in [0.25, 0.3) is 10.0 Å². The third kappa shape index (κ3) is 5.98. The highest BCUT2D eigenvalue weighted by Gasteiger charge is 2.21. The molecule has 0 aliphatic heterocycles. The van der Waals surface area contributed by atoms with Gasteiger partial charge in [-0.25, -0.2) is 4.21 Å². The van der Waals surface area contributed by atoms with Crippen molar-refractivity contribution >= 4 is 57.4 Å². The van der Waals surface area contributed by atoms with E-state index in [2.05, 4.69) is 40.6 Å². The van der Waals surface area contributed by atoms with Crippen molar-refractivity contribution in [2.45, 2.75) is 21.6 Å². The van der Waals surface area contributed by atoms with Crippen molar-refractivity contribution in [1.29, 1.82) is 0 Å². The average Bonchev–Trinajstić information content (AvgIpc) is 2.85. The van der Waals surface area contributed by atoms with Gasteiger partial charge >= 0.3 is 0 Å². The molecule has 9 heteroatoms. The molecule has 178 valence electrons. The molecule has 4 aromatic rings. The molecule has 4 aromatic carbocycles. The maximum Gasteiger partial charge on any atom is 0.284 e. The Kier molecular flexibility index (Phi) is 7.70. The van der Waals surface area contributed by atoms with E-state index < -0.39 is 19.8 Å². The second-order valence-electron chi connectivity index (χ2n) is 7.59. The molecule has 0 N–H and O–H groups in total. The fourth-order valence-electron chi connectivity index (χ4n) is 3.19. The van der Waals surface area contributed by atoms with Crippen LogP contribution >= 0.6 is 31.9 Å². The zero-order valence-corrected chi connectivity index (χ0v) is 23.3. The van der Waals surface area contributed by atoms with Crippen molar-refractivity contribution in [2.24, 2.45) is 8.76 Å². The Hall–Kier alpha value is -2.59. The Morgan fingerprint density at radius 1 is 0.629 bits per heavy atom. The van der Waals surface area contributed by atoms with Gasteiger partial charge in [-0.15, -0.1) is 4.40 Å². The molecule has 0 fully saturated rings. The van der Waals surface area contributed by atoms with Crippen LogP contribution in [0.25, 0.3) is 0 Å². The predicted octanol–water partition coefficient (Wildman–Crippen LogP) is 7.24.